The Hall–Kier alpha value is -2.88. The van der Waals surface area contributed by atoms with Crippen LogP contribution in [0.5, 0.6) is 0 Å². The van der Waals surface area contributed by atoms with E-state index in [0.29, 0.717) is 0 Å². The number of hydrogen-bond acceptors (Lipinski definition) is 4. The summed E-state index contributed by atoms with van der Waals surface area (Å²) in [7, 11) is 0. The third-order valence-electron chi connectivity index (χ3n) is 4.04. The Morgan fingerprint density at radius 2 is 1.52 bits per heavy atom. The highest BCUT2D eigenvalue weighted by Gasteiger charge is 2.07. The average molecular weight is 332 g/mol. The molecule has 2 aromatic carbocycles. The van der Waals surface area contributed by atoms with Crippen molar-refractivity contribution in [3.05, 3.63) is 71.8 Å². The Bertz CT molecular complexity index is 815. The molecule has 0 unspecified atom stereocenters. The number of benzene rings is 2. The zero-order chi connectivity index (χ0) is 17.5. The SMILES string of the molecule is CCCNc1cc(NCc2ccccc2C)nc(-c2ccccc2)n1. The van der Waals surface area contributed by atoms with Crippen LogP contribution in [0.4, 0.5) is 11.6 Å². The summed E-state index contributed by atoms with van der Waals surface area (Å²) in [5.74, 6) is 2.41. The second-order valence-electron chi connectivity index (χ2n) is 6.03. The highest BCUT2D eigenvalue weighted by molar-refractivity contribution is 5.61. The predicted octanol–water partition coefficient (Wildman–Crippen LogP) is 4.89. The van der Waals surface area contributed by atoms with Crippen molar-refractivity contribution in [2.24, 2.45) is 0 Å². The van der Waals surface area contributed by atoms with Crippen LogP contribution in [0.15, 0.2) is 60.7 Å². The molecule has 4 nitrogen and oxygen atoms in total. The molecule has 0 aliphatic carbocycles. The summed E-state index contributed by atoms with van der Waals surface area (Å²) in [4.78, 5) is 9.35. The number of rotatable bonds is 7. The van der Waals surface area contributed by atoms with Crippen LogP contribution in [0.2, 0.25) is 0 Å². The van der Waals surface area contributed by atoms with Crippen LogP contribution in [0.1, 0.15) is 24.5 Å². The van der Waals surface area contributed by atoms with Crippen molar-refractivity contribution in [3.8, 4) is 11.4 Å². The molecule has 1 aromatic heterocycles. The molecule has 0 aliphatic rings. The Morgan fingerprint density at radius 3 is 2.24 bits per heavy atom. The van der Waals surface area contributed by atoms with E-state index in [4.69, 9.17) is 4.98 Å². The van der Waals surface area contributed by atoms with E-state index in [1.54, 1.807) is 0 Å². The fourth-order valence-corrected chi connectivity index (χ4v) is 2.59. The van der Waals surface area contributed by atoms with Crippen molar-refractivity contribution in [2.45, 2.75) is 26.8 Å². The second kappa shape index (κ2) is 8.29. The maximum atomic E-state index is 4.69. The van der Waals surface area contributed by atoms with Gasteiger partial charge in [-0.25, -0.2) is 9.97 Å². The fraction of sp³-hybridized carbons (Fsp3) is 0.238. The van der Waals surface area contributed by atoms with E-state index in [0.717, 1.165) is 42.5 Å². The molecule has 0 saturated heterocycles. The Balaban J connectivity index is 1.85. The van der Waals surface area contributed by atoms with Gasteiger partial charge in [-0.15, -0.1) is 0 Å². The summed E-state index contributed by atoms with van der Waals surface area (Å²) in [5, 5.41) is 6.80. The maximum Gasteiger partial charge on any atom is 0.163 e. The predicted molar refractivity (Wildman–Crippen MR) is 105 cm³/mol. The minimum absolute atomic E-state index is 0.731. The molecule has 3 aromatic rings. The van der Waals surface area contributed by atoms with Gasteiger partial charge in [-0.3, -0.25) is 0 Å². The minimum atomic E-state index is 0.731. The summed E-state index contributed by atoms with van der Waals surface area (Å²) in [5.41, 5.74) is 3.56. The molecular weight excluding hydrogens is 308 g/mol. The average Bonchev–Trinajstić information content (AvgIpc) is 2.66. The standard InChI is InChI=1S/C21H24N4/c1-3-13-22-19-14-20(23-15-18-12-8-7-9-16(18)2)25-21(24-19)17-10-5-4-6-11-17/h4-12,14H,3,13,15H2,1-2H3,(H2,22,23,24,25). The van der Waals surface area contributed by atoms with Crippen molar-refractivity contribution in [1.82, 2.24) is 9.97 Å². The molecule has 3 rings (SSSR count). The normalized spacial score (nSPS) is 10.5. The summed E-state index contributed by atoms with van der Waals surface area (Å²) < 4.78 is 0. The van der Waals surface area contributed by atoms with Crippen LogP contribution in [-0.2, 0) is 6.54 Å². The van der Waals surface area contributed by atoms with Gasteiger partial charge in [0.2, 0.25) is 0 Å². The number of aromatic nitrogens is 2. The van der Waals surface area contributed by atoms with E-state index < -0.39 is 0 Å². The summed E-state index contributed by atoms with van der Waals surface area (Å²) in [6.45, 7) is 5.90. The van der Waals surface area contributed by atoms with Crippen LogP contribution in [0, 0.1) is 6.92 Å². The Morgan fingerprint density at radius 1 is 0.840 bits per heavy atom. The molecule has 0 bridgehead atoms. The van der Waals surface area contributed by atoms with E-state index in [-0.39, 0.29) is 0 Å². The smallest absolute Gasteiger partial charge is 0.163 e. The highest BCUT2D eigenvalue weighted by atomic mass is 15.1. The molecule has 128 valence electrons. The monoisotopic (exact) mass is 332 g/mol. The van der Waals surface area contributed by atoms with E-state index in [9.17, 15) is 0 Å². The summed E-state index contributed by atoms with van der Waals surface area (Å²) >= 11 is 0. The van der Waals surface area contributed by atoms with Gasteiger partial charge < -0.3 is 10.6 Å². The van der Waals surface area contributed by atoms with Crippen LogP contribution < -0.4 is 10.6 Å². The van der Waals surface area contributed by atoms with Gasteiger partial charge in [0.25, 0.3) is 0 Å². The highest BCUT2D eigenvalue weighted by Crippen LogP contribution is 2.21. The lowest BCUT2D eigenvalue weighted by Crippen LogP contribution is -2.08. The molecule has 0 radical (unpaired) electrons. The summed E-state index contributed by atoms with van der Waals surface area (Å²) in [6.07, 6.45) is 1.05. The van der Waals surface area contributed by atoms with Crippen molar-refractivity contribution in [1.29, 1.82) is 0 Å². The zero-order valence-corrected chi connectivity index (χ0v) is 14.8. The lowest BCUT2D eigenvalue weighted by Gasteiger charge is -2.12. The number of hydrogen-bond donors (Lipinski definition) is 2. The third-order valence-corrected chi connectivity index (χ3v) is 4.04. The number of aryl methyl sites for hydroxylation is 1. The van der Waals surface area contributed by atoms with E-state index in [1.807, 2.05) is 36.4 Å². The second-order valence-corrected chi connectivity index (χ2v) is 6.03. The van der Waals surface area contributed by atoms with Crippen LogP contribution in [0.3, 0.4) is 0 Å². The Kier molecular flexibility index (Phi) is 5.62. The molecule has 0 saturated carbocycles. The van der Waals surface area contributed by atoms with Gasteiger partial charge in [0.1, 0.15) is 11.6 Å². The molecule has 0 spiro atoms. The van der Waals surface area contributed by atoms with Gasteiger partial charge in [-0.1, -0.05) is 61.5 Å². The van der Waals surface area contributed by atoms with Crippen molar-refractivity contribution in [2.75, 3.05) is 17.2 Å². The largest absolute Gasteiger partial charge is 0.370 e. The van der Waals surface area contributed by atoms with Crippen LogP contribution in [0.25, 0.3) is 11.4 Å². The van der Waals surface area contributed by atoms with Gasteiger partial charge in [0.05, 0.1) is 0 Å². The molecule has 4 heteroatoms. The van der Waals surface area contributed by atoms with Crippen molar-refractivity contribution < 1.29 is 0 Å². The molecular formula is C21H24N4. The van der Waals surface area contributed by atoms with Crippen molar-refractivity contribution in [3.63, 3.8) is 0 Å². The maximum absolute atomic E-state index is 4.69. The van der Waals surface area contributed by atoms with Gasteiger partial charge in [-0.05, 0) is 24.5 Å². The van der Waals surface area contributed by atoms with Gasteiger partial charge in [0.15, 0.2) is 5.82 Å². The first kappa shape index (κ1) is 17.0. The Labute approximate surface area is 149 Å². The van der Waals surface area contributed by atoms with Crippen molar-refractivity contribution >= 4 is 11.6 Å². The topological polar surface area (TPSA) is 49.8 Å². The molecule has 0 fully saturated rings. The fourth-order valence-electron chi connectivity index (χ4n) is 2.59. The van der Waals surface area contributed by atoms with Gasteiger partial charge in [0, 0.05) is 24.7 Å². The van der Waals surface area contributed by atoms with E-state index in [1.165, 1.54) is 11.1 Å². The number of anilines is 2. The quantitative estimate of drug-likeness (QED) is 0.647. The van der Waals surface area contributed by atoms with Crippen LogP contribution >= 0.6 is 0 Å². The first-order valence-corrected chi connectivity index (χ1v) is 8.73. The summed E-state index contributed by atoms with van der Waals surface area (Å²) in [6, 6.07) is 20.4. The zero-order valence-electron chi connectivity index (χ0n) is 14.8. The first-order valence-electron chi connectivity index (χ1n) is 8.73. The number of nitrogens with zero attached hydrogens (tertiary/aromatic N) is 2. The van der Waals surface area contributed by atoms with Gasteiger partial charge in [-0.2, -0.15) is 0 Å². The van der Waals surface area contributed by atoms with E-state index in [2.05, 4.69) is 53.7 Å². The molecule has 2 N–H and O–H groups in total. The lowest BCUT2D eigenvalue weighted by molar-refractivity contribution is 0.964. The molecule has 0 aliphatic heterocycles. The molecule has 1 heterocycles. The first-order chi connectivity index (χ1) is 12.3. The lowest BCUT2D eigenvalue weighted by atomic mass is 10.1. The van der Waals surface area contributed by atoms with Crippen LogP contribution in [-0.4, -0.2) is 16.5 Å². The molecule has 0 atom stereocenters. The molecule has 0 amide bonds. The van der Waals surface area contributed by atoms with Gasteiger partial charge >= 0.3 is 0 Å². The third kappa shape index (κ3) is 4.57. The van der Waals surface area contributed by atoms with E-state index >= 15 is 0 Å². The minimum Gasteiger partial charge on any atom is -0.370 e. The molecule has 25 heavy (non-hydrogen) atoms. The number of nitrogens with one attached hydrogen (secondary N) is 2.